The van der Waals surface area contributed by atoms with Crippen LogP contribution in [0.1, 0.15) is 35.7 Å². The van der Waals surface area contributed by atoms with Crippen LogP contribution in [-0.2, 0) is 15.9 Å². The van der Waals surface area contributed by atoms with Crippen molar-refractivity contribution in [3.8, 4) is 0 Å². The molecule has 1 atom stereocenters. The van der Waals surface area contributed by atoms with E-state index < -0.39 is 0 Å². The van der Waals surface area contributed by atoms with Crippen LogP contribution in [0.4, 0.5) is 0 Å². The summed E-state index contributed by atoms with van der Waals surface area (Å²) in [6, 6.07) is 16.7. The molecule has 1 unspecified atom stereocenters. The molecule has 0 aliphatic carbocycles. The maximum Gasteiger partial charge on any atom is 0.338 e. The number of carbonyl (C=O) groups is 1. The second-order valence-corrected chi connectivity index (χ2v) is 6.09. The molecule has 0 radical (unpaired) electrons. The number of unbranched alkanes of at least 4 members (excludes halogenated alkanes) is 1. The molecule has 0 N–H and O–H groups in total. The van der Waals surface area contributed by atoms with Crippen LogP contribution in [0, 0.1) is 0 Å². The number of halogens is 1. The summed E-state index contributed by atoms with van der Waals surface area (Å²) < 4.78 is 11.3. The molecule has 0 saturated carbocycles. The van der Waals surface area contributed by atoms with Gasteiger partial charge in [-0.2, -0.15) is 0 Å². The van der Waals surface area contributed by atoms with Crippen LogP contribution in [0.15, 0.2) is 54.6 Å². The first-order valence-electron chi connectivity index (χ1n) is 8.27. The first-order chi connectivity index (χ1) is 11.7. The quantitative estimate of drug-likeness (QED) is 0.477. The van der Waals surface area contributed by atoms with Crippen molar-refractivity contribution in [2.24, 2.45) is 0 Å². The molecule has 2 aromatic rings. The lowest BCUT2D eigenvalue weighted by Gasteiger charge is -2.18. The zero-order valence-electron chi connectivity index (χ0n) is 13.9. The molecule has 0 aromatic heterocycles. The van der Waals surface area contributed by atoms with Crippen molar-refractivity contribution in [2.75, 3.05) is 13.2 Å². The summed E-state index contributed by atoms with van der Waals surface area (Å²) >= 11 is 5.94. The van der Waals surface area contributed by atoms with Crippen LogP contribution in [0.25, 0.3) is 0 Å². The fourth-order valence-electron chi connectivity index (χ4n) is 2.31. The number of rotatable bonds is 9. The number of ether oxygens (including phenoxy) is 2. The van der Waals surface area contributed by atoms with E-state index in [-0.39, 0.29) is 12.1 Å². The van der Waals surface area contributed by atoms with Crippen LogP contribution in [0.2, 0.25) is 5.02 Å². The van der Waals surface area contributed by atoms with Crippen LogP contribution in [-0.4, -0.2) is 25.3 Å². The SMILES string of the molecule is CCCCOCC(Cc1ccccc1)OC(=O)c1cccc(Cl)c1. The molecule has 0 aliphatic heterocycles. The lowest BCUT2D eigenvalue weighted by molar-refractivity contribution is -0.00445. The predicted octanol–water partition coefficient (Wildman–Crippen LogP) is 4.92. The van der Waals surface area contributed by atoms with Gasteiger partial charge in [-0.05, 0) is 30.2 Å². The summed E-state index contributed by atoms with van der Waals surface area (Å²) in [4.78, 5) is 12.3. The molecule has 0 saturated heterocycles. The van der Waals surface area contributed by atoms with Gasteiger partial charge >= 0.3 is 5.97 Å². The first kappa shape index (κ1) is 18.5. The Labute approximate surface area is 148 Å². The summed E-state index contributed by atoms with van der Waals surface area (Å²) in [5, 5.41) is 0.517. The molecule has 2 aromatic carbocycles. The van der Waals surface area contributed by atoms with Crippen molar-refractivity contribution in [3.05, 3.63) is 70.7 Å². The van der Waals surface area contributed by atoms with Gasteiger partial charge < -0.3 is 9.47 Å². The van der Waals surface area contributed by atoms with Gasteiger partial charge in [-0.1, -0.05) is 61.3 Å². The molecule has 3 nitrogen and oxygen atoms in total. The lowest BCUT2D eigenvalue weighted by Crippen LogP contribution is -2.26. The minimum atomic E-state index is -0.377. The summed E-state index contributed by atoms with van der Waals surface area (Å²) in [5.41, 5.74) is 1.56. The van der Waals surface area contributed by atoms with Crippen molar-refractivity contribution in [3.63, 3.8) is 0 Å². The van der Waals surface area contributed by atoms with Crippen molar-refractivity contribution >= 4 is 17.6 Å². The fraction of sp³-hybridized carbons (Fsp3) is 0.350. The smallest absolute Gasteiger partial charge is 0.338 e. The third-order valence-electron chi connectivity index (χ3n) is 3.59. The molecule has 0 amide bonds. The van der Waals surface area contributed by atoms with Crippen molar-refractivity contribution in [1.82, 2.24) is 0 Å². The second-order valence-electron chi connectivity index (χ2n) is 5.66. The molecule has 0 bridgehead atoms. The molecule has 24 heavy (non-hydrogen) atoms. The van der Waals surface area contributed by atoms with E-state index in [2.05, 4.69) is 6.92 Å². The normalized spacial score (nSPS) is 11.9. The highest BCUT2D eigenvalue weighted by Gasteiger charge is 2.17. The van der Waals surface area contributed by atoms with Gasteiger partial charge in [-0.3, -0.25) is 0 Å². The highest BCUT2D eigenvalue weighted by molar-refractivity contribution is 6.30. The third-order valence-corrected chi connectivity index (χ3v) is 3.82. The molecular formula is C20H23ClO3. The van der Waals surface area contributed by atoms with Gasteiger partial charge in [0.05, 0.1) is 12.2 Å². The van der Waals surface area contributed by atoms with Crippen LogP contribution in [0.5, 0.6) is 0 Å². The van der Waals surface area contributed by atoms with E-state index in [1.165, 1.54) is 0 Å². The molecule has 0 aliphatic rings. The van der Waals surface area contributed by atoms with Gasteiger partial charge in [0.25, 0.3) is 0 Å². The Bertz CT molecular complexity index is 628. The maximum atomic E-state index is 12.3. The molecule has 128 valence electrons. The maximum absolute atomic E-state index is 12.3. The minimum Gasteiger partial charge on any atom is -0.456 e. The average molecular weight is 347 g/mol. The molecule has 4 heteroatoms. The van der Waals surface area contributed by atoms with Crippen molar-refractivity contribution in [2.45, 2.75) is 32.3 Å². The Morgan fingerprint density at radius 2 is 1.92 bits per heavy atom. The molecule has 0 fully saturated rings. The Morgan fingerprint density at radius 1 is 1.12 bits per heavy atom. The number of hydrogen-bond donors (Lipinski definition) is 0. The lowest BCUT2D eigenvalue weighted by atomic mass is 10.1. The van der Waals surface area contributed by atoms with E-state index in [0.29, 0.717) is 30.2 Å². The zero-order chi connectivity index (χ0) is 17.2. The molecule has 0 heterocycles. The Hall–Kier alpha value is -1.84. The van der Waals surface area contributed by atoms with E-state index in [1.807, 2.05) is 30.3 Å². The second kappa shape index (κ2) is 10.1. The summed E-state index contributed by atoms with van der Waals surface area (Å²) in [5.74, 6) is -0.377. The van der Waals surface area contributed by atoms with Gasteiger partial charge in [0.2, 0.25) is 0 Å². The zero-order valence-corrected chi connectivity index (χ0v) is 14.7. The van der Waals surface area contributed by atoms with E-state index in [0.717, 1.165) is 18.4 Å². The van der Waals surface area contributed by atoms with Gasteiger partial charge in [0.15, 0.2) is 0 Å². The number of carbonyl (C=O) groups excluding carboxylic acids is 1. The van der Waals surface area contributed by atoms with Gasteiger partial charge in [-0.25, -0.2) is 4.79 Å². The predicted molar refractivity (Wildman–Crippen MR) is 96.5 cm³/mol. The van der Waals surface area contributed by atoms with Gasteiger partial charge in [0.1, 0.15) is 6.10 Å². The summed E-state index contributed by atoms with van der Waals surface area (Å²) in [6.07, 6.45) is 2.38. The van der Waals surface area contributed by atoms with E-state index in [9.17, 15) is 4.79 Å². The van der Waals surface area contributed by atoms with Gasteiger partial charge in [0, 0.05) is 18.1 Å². The van der Waals surface area contributed by atoms with E-state index >= 15 is 0 Å². The fourth-order valence-corrected chi connectivity index (χ4v) is 2.50. The van der Waals surface area contributed by atoms with E-state index in [1.54, 1.807) is 24.3 Å². The molecular weight excluding hydrogens is 324 g/mol. The summed E-state index contributed by atoms with van der Waals surface area (Å²) in [6.45, 7) is 3.18. The third kappa shape index (κ3) is 6.34. The highest BCUT2D eigenvalue weighted by atomic mass is 35.5. The number of hydrogen-bond acceptors (Lipinski definition) is 3. The van der Waals surface area contributed by atoms with Crippen molar-refractivity contribution < 1.29 is 14.3 Å². The monoisotopic (exact) mass is 346 g/mol. The number of esters is 1. The van der Waals surface area contributed by atoms with Crippen LogP contribution in [0.3, 0.4) is 0 Å². The Morgan fingerprint density at radius 3 is 2.62 bits per heavy atom. The Kier molecular flexibility index (Phi) is 7.80. The molecule has 0 spiro atoms. The Balaban J connectivity index is 1.99. The van der Waals surface area contributed by atoms with Crippen LogP contribution < -0.4 is 0 Å². The minimum absolute atomic E-state index is 0.323. The standard InChI is InChI=1S/C20H23ClO3/c1-2-3-12-23-15-19(13-16-8-5-4-6-9-16)24-20(22)17-10-7-11-18(21)14-17/h4-11,14,19H,2-3,12-13,15H2,1H3. The van der Waals surface area contributed by atoms with Crippen molar-refractivity contribution in [1.29, 1.82) is 0 Å². The average Bonchev–Trinajstić information content (AvgIpc) is 2.59. The largest absolute Gasteiger partial charge is 0.456 e. The van der Waals surface area contributed by atoms with Gasteiger partial charge in [-0.15, -0.1) is 0 Å². The van der Waals surface area contributed by atoms with E-state index in [4.69, 9.17) is 21.1 Å². The topological polar surface area (TPSA) is 35.5 Å². The molecule has 2 rings (SSSR count). The highest BCUT2D eigenvalue weighted by Crippen LogP contribution is 2.14. The summed E-state index contributed by atoms with van der Waals surface area (Å²) in [7, 11) is 0. The first-order valence-corrected chi connectivity index (χ1v) is 8.65. The van der Waals surface area contributed by atoms with Crippen LogP contribution >= 0.6 is 11.6 Å². The number of benzene rings is 2.